The van der Waals surface area contributed by atoms with Crippen molar-refractivity contribution in [3.8, 4) is 6.07 Å². The molecular formula is C20H24FN3O3. The van der Waals surface area contributed by atoms with E-state index < -0.39 is 0 Å². The fourth-order valence-electron chi connectivity index (χ4n) is 2.97. The zero-order valence-electron chi connectivity index (χ0n) is 15.4. The van der Waals surface area contributed by atoms with E-state index in [0.29, 0.717) is 51.1 Å². The first-order chi connectivity index (χ1) is 13.1. The molecule has 6 nitrogen and oxygen atoms in total. The second-order valence-corrected chi connectivity index (χ2v) is 6.28. The maximum atomic E-state index is 13.6. The number of piperidine rings is 1. The monoisotopic (exact) mass is 373 g/mol. The van der Waals surface area contributed by atoms with Gasteiger partial charge in [-0.25, -0.2) is 4.39 Å². The number of likely N-dealkylation sites (tertiary alicyclic amines) is 1. The topological polar surface area (TPSA) is 82.4 Å². The van der Waals surface area contributed by atoms with Gasteiger partial charge in [0.2, 0.25) is 0 Å². The molecule has 1 N–H and O–H groups in total. The van der Waals surface area contributed by atoms with Crippen molar-refractivity contribution in [3.63, 3.8) is 0 Å². The van der Waals surface area contributed by atoms with Gasteiger partial charge in [-0.05, 0) is 37.8 Å². The van der Waals surface area contributed by atoms with Gasteiger partial charge in [-0.3, -0.25) is 9.59 Å². The first kappa shape index (κ1) is 20.4. The molecule has 1 heterocycles. The smallest absolute Gasteiger partial charge is 0.309 e. The molecule has 0 saturated carbocycles. The minimum Gasteiger partial charge on any atom is -0.466 e. The van der Waals surface area contributed by atoms with Gasteiger partial charge in [0.1, 0.15) is 17.5 Å². The molecule has 27 heavy (non-hydrogen) atoms. The predicted octanol–water partition coefficient (Wildman–Crippen LogP) is 2.17. The number of nitrogens with zero attached hydrogens (tertiary/aromatic N) is 2. The van der Waals surface area contributed by atoms with Crippen LogP contribution in [0.1, 0.15) is 25.3 Å². The second-order valence-electron chi connectivity index (χ2n) is 6.28. The van der Waals surface area contributed by atoms with E-state index in [1.54, 1.807) is 30.0 Å². The fourth-order valence-corrected chi connectivity index (χ4v) is 2.97. The van der Waals surface area contributed by atoms with E-state index in [2.05, 4.69) is 5.32 Å². The molecule has 0 atom stereocenters. The molecule has 0 unspecified atom stereocenters. The van der Waals surface area contributed by atoms with Crippen LogP contribution in [0, 0.1) is 23.1 Å². The van der Waals surface area contributed by atoms with Crippen LogP contribution >= 0.6 is 0 Å². The highest BCUT2D eigenvalue weighted by molar-refractivity contribution is 5.97. The molecule has 1 amide bonds. The number of esters is 1. The molecule has 0 aliphatic carbocycles. The van der Waals surface area contributed by atoms with Crippen LogP contribution in [0.5, 0.6) is 0 Å². The zero-order valence-corrected chi connectivity index (χ0v) is 15.4. The van der Waals surface area contributed by atoms with E-state index in [-0.39, 0.29) is 29.2 Å². The largest absolute Gasteiger partial charge is 0.466 e. The molecule has 0 aromatic heterocycles. The highest BCUT2D eigenvalue weighted by Crippen LogP contribution is 2.20. The minimum absolute atomic E-state index is 0.00174. The number of rotatable bonds is 7. The Morgan fingerprint density at radius 3 is 2.70 bits per heavy atom. The third kappa shape index (κ3) is 5.81. The van der Waals surface area contributed by atoms with E-state index >= 15 is 0 Å². The van der Waals surface area contributed by atoms with Crippen LogP contribution in [0.4, 0.5) is 4.39 Å². The Balaban J connectivity index is 1.83. The van der Waals surface area contributed by atoms with E-state index in [4.69, 9.17) is 4.74 Å². The molecule has 1 aliphatic rings. The van der Waals surface area contributed by atoms with Crippen LogP contribution in [0.25, 0.3) is 0 Å². The summed E-state index contributed by atoms with van der Waals surface area (Å²) in [5.74, 6) is -1.06. The van der Waals surface area contributed by atoms with Crippen LogP contribution in [-0.2, 0) is 20.7 Å². The lowest BCUT2D eigenvalue weighted by atomic mass is 9.96. The second kappa shape index (κ2) is 10.3. The van der Waals surface area contributed by atoms with Crippen LogP contribution in [-0.4, -0.2) is 43.0 Å². The number of hydrogen-bond acceptors (Lipinski definition) is 5. The van der Waals surface area contributed by atoms with E-state index in [1.165, 1.54) is 12.3 Å². The normalized spacial score (nSPS) is 15.1. The minimum atomic E-state index is -0.363. The summed E-state index contributed by atoms with van der Waals surface area (Å²) >= 11 is 0. The van der Waals surface area contributed by atoms with Crippen molar-refractivity contribution in [1.29, 1.82) is 5.26 Å². The lowest BCUT2D eigenvalue weighted by Crippen LogP contribution is -2.41. The third-order valence-electron chi connectivity index (χ3n) is 4.50. The Labute approximate surface area is 158 Å². The number of amides is 1. The Morgan fingerprint density at radius 2 is 2.07 bits per heavy atom. The fraction of sp³-hybridized carbons (Fsp3) is 0.450. The number of hydrogen-bond donors (Lipinski definition) is 1. The van der Waals surface area contributed by atoms with Crippen molar-refractivity contribution in [2.24, 2.45) is 5.92 Å². The highest BCUT2D eigenvalue weighted by atomic mass is 19.1. The molecule has 1 fully saturated rings. The standard InChI is InChI=1S/C20H24FN3O3/c1-2-27-20(26)16-8-11-24(12-9-16)19(25)17(13-22)14-23-10-7-15-5-3-4-6-18(15)21/h3-6,14,16,23H,2,7-12H2,1H3/b17-14-. The van der Waals surface area contributed by atoms with Crippen LogP contribution in [0.2, 0.25) is 0 Å². The average Bonchev–Trinajstić information content (AvgIpc) is 2.69. The van der Waals surface area contributed by atoms with Gasteiger partial charge in [0, 0.05) is 25.8 Å². The number of halogens is 1. The van der Waals surface area contributed by atoms with Crippen molar-refractivity contribution in [1.82, 2.24) is 10.2 Å². The average molecular weight is 373 g/mol. The van der Waals surface area contributed by atoms with Crippen LogP contribution in [0.3, 0.4) is 0 Å². The molecule has 144 valence electrons. The maximum Gasteiger partial charge on any atom is 0.309 e. The summed E-state index contributed by atoms with van der Waals surface area (Å²) in [7, 11) is 0. The van der Waals surface area contributed by atoms with E-state index in [9.17, 15) is 19.2 Å². The number of ether oxygens (including phenoxy) is 1. The van der Waals surface area contributed by atoms with Crippen molar-refractivity contribution in [2.75, 3.05) is 26.2 Å². The Bertz CT molecular complexity index is 734. The molecule has 1 aromatic carbocycles. The van der Waals surface area contributed by atoms with E-state index in [1.807, 2.05) is 6.07 Å². The number of nitriles is 1. The maximum absolute atomic E-state index is 13.6. The first-order valence-electron chi connectivity index (χ1n) is 9.09. The van der Waals surface area contributed by atoms with Gasteiger partial charge in [-0.2, -0.15) is 5.26 Å². The lowest BCUT2D eigenvalue weighted by molar-refractivity contribution is -0.150. The molecule has 0 spiro atoms. The number of carbonyl (C=O) groups is 2. The van der Waals surface area contributed by atoms with Crippen LogP contribution in [0.15, 0.2) is 36.0 Å². The Hall–Kier alpha value is -2.88. The molecule has 0 radical (unpaired) electrons. The van der Waals surface area contributed by atoms with Gasteiger partial charge in [0.05, 0.1) is 12.5 Å². The predicted molar refractivity (Wildman–Crippen MR) is 97.7 cm³/mol. The van der Waals surface area contributed by atoms with Gasteiger partial charge in [-0.1, -0.05) is 18.2 Å². The summed E-state index contributed by atoms with van der Waals surface area (Å²) in [6.45, 7) is 3.34. The summed E-state index contributed by atoms with van der Waals surface area (Å²) < 4.78 is 18.6. The van der Waals surface area contributed by atoms with Crippen molar-refractivity contribution >= 4 is 11.9 Å². The highest BCUT2D eigenvalue weighted by Gasteiger charge is 2.29. The molecule has 2 rings (SSSR count). The molecule has 0 bridgehead atoms. The SMILES string of the molecule is CCOC(=O)C1CCN(C(=O)/C(C#N)=C\NCCc2ccccc2F)CC1. The van der Waals surface area contributed by atoms with Gasteiger partial charge >= 0.3 is 5.97 Å². The van der Waals surface area contributed by atoms with Crippen LogP contribution < -0.4 is 5.32 Å². The summed E-state index contributed by atoms with van der Waals surface area (Å²) in [5, 5.41) is 12.2. The lowest BCUT2D eigenvalue weighted by Gasteiger charge is -2.30. The van der Waals surface area contributed by atoms with Gasteiger partial charge in [0.25, 0.3) is 5.91 Å². The Morgan fingerprint density at radius 1 is 1.37 bits per heavy atom. The number of benzene rings is 1. The summed E-state index contributed by atoms with van der Waals surface area (Å²) in [4.78, 5) is 25.8. The molecule has 7 heteroatoms. The summed E-state index contributed by atoms with van der Waals surface area (Å²) in [6, 6.07) is 8.39. The van der Waals surface area contributed by atoms with Crippen molar-refractivity contribution in [2.45, 2.75) is 26.2 Å². The van der Waals surface area contributed by atoms with Crippen molar-refractivity contribution < 1.29 is 18.7 Å². The quantitative estimate of drug-likeness (QED) is 0.343. The van der Waals surface area contributed by atoms with Crippen molar-refractivity contribution in [3.05, 3.63) is 47.4 Å². The van der Waals surface area contributed by atoms with E-state index in [0.717, 1.165) is 0 Å². The summed E-state index contributed by atoms with van der Waals surface area (Å²) in [6.07, 6.45) is 2.88. The van der Waals surface area contributed by atoms with Gasteiger partial charge in [0.15, 0.2) is 0 Å². The molecular weight excluding hydrogens is 349 g/mol. The molecule has 1 aromatic rings. The number of carbonyl (C=O) groups excluding carboxylic acids is 2. The van der Waals surface area contributed by atoms with Gasteiger partial charge < -0.3 is 15.0 Å². The zero-order chi connectivity index (χ0) is 19.6. The molecule has 1 aliphatic heterocycles. The first-order valence-corrected chi connectivity index (χ1v) is 9.09. The molecule has 1 saturated heterocycles. The third-order valence-corrected chi connectivity index (χ3v) is 4.50. The van der Waals surface area contributed by atoms with Gasteiger partial charge in [-0.15, -0.1) is 0 Å². The Kier molecular flexibility index (Phi) is 7.80. The summed E-state index contributed by atoms with van der Waals surface area (Å²) in [5.41, 5.74) is 0.572. The number of nitrogens with one attached hydrogen (secondary N) is 1.